The van der Waals surface area contributed by atoms with Gasteiger partial charge < -0.3 is 31.8 Å². The molecule has 0 aliphatic rings. The lowest BCUT2D eigenvalue weighted by atomic mass is 10.0. The minimum absolute atomic E-state index is 0.0870. The van der Waals surface area contributed by atoms with E-state index in [1.165, 1.54) is 11.8 Å². The van der Waals surface area contributed by atoms with E-state index in [2.05, 4.69) is 20.9 Å². The van der Waals surface area contributed by atoms with E-state index in [0.29, 0.717) is 5.75 Å². The Morgan fingerprint density at radius 3 is 1.93 bits per heavy atom. The van der Waals surface area contributed by atoms with Crippen molar-refractivity contribution in [2.24, 2.45) is 5.73 Å². The molecule has 0 aliphatic carbocycles. The summed E-state index contributed by atoms with van der Waals surface area (Å²) in [5, 5.41) is 18.9. The SMILES string of the molecule is CSCCC(NC(=O)C(Cc1c[nH]c2ccccc12)NC(=O)C(N)Cc1ccccc1)C(=O)NC(Cc1ccccc1)C(=O)O. The Balaban J connectivity index is 1.52. The molecule has 10 nitrogen and oxygen atoms in total. The average molecular weight is 630 g/mol. The van der Waals surface area contributed by atoms with Gasteiger partial charge in [-0.2, -0.15) is 11.8 Å². The largest absolute Gasteiger partial charge is 0.480 e. The van der Waals surface area contributed by atoms with Crippen LogP contribution in [0.15, 0.2) is 91.1 Å². The number of carboxylic acids is 1. The first-order valence-electron chi connectivity index (χ1n) is 14.8. The minimum atomic E-state index is -1.19. The van der Waals surface area contributed by atoms with E-state index in [-0.39, 0.29) is 25.7 Å². The van der Waals surface area contributed by atoms with Gasteiger partial charge in [-0.15, -0.1) is 0 Å². The summed E-state index contributed by atoms with van der Waals surface area (Å²) < 4.78 is 0. The van der Waals surface area contributed by atoms with Crippen LogP contribution in [0.3, 0.4) is 0 Å². The van der Waals surface area contributed by atoms with Crippen LogP contribution < -0.4 is 21.7 Å². The van der Waals surface area contributed by atoms with E-state index >= 15 is 0 Å². The number of amides is 3. The van der Waals surface area contributed by atoms with Crippen molar-refractivity contribution in [1.82, 2.24) is 20.9 Å². The van der Waals surface area contributed by atoms with Crippen molar-refractivity contribution in [3.8, 4) is 0 Å². The van der Waals surface area contributed by atoms with E-state index in [1.54, 1.807) is 30.5 Å². The Hall–Kier alpha value is -4.61. The summed E-state index contributed by atoms with van der Waals surface area (Å²) in [4.78, 5) is 55.8. The lowest BCUT2D eigenvalue weighted by Crippen LogP contribution is -2.58. The number of aliphatic carboxylic acids is 1. The van der Waals surface area contributed by atoms with Gasteiger partial charge in [0.15, 0.2) is 0 Å². The summed E-state index contributed by atoms with van der Waals surface area (Å²) in [5.41, 5.74) is 9.58. The monoisotopic (exact) mass is 629 g/mol. The number of aromatic amines is 1. The summed E-state index contributed by atoms with van der Waals surface area (Å²) in [5.74, 6) is -2.33. The zero-order chi connectivity index (χ0) is 32.2. The molecule has 4 unspecified atom stereocenters. The molecule has 3 amide bonds. The maximum absolute atomic E-state index is 13.8. The number of carboxylic acid groups (broad SMARTS) is 1. The third-order valence-corrected chi connectivity index (χ3v) is 8.15. The first kappa shape index (κ1) is 33.3. The number of nitrogens with one attached hydrogen (secondary N) is 4. The lowest BCUT2D eigenvalue weighted by Gasteiger charge is -2.25. The molecule has 236 valence electrons. The summed E-state index contributed by atoms with van der Waals surface area (Å²) in [6, 6.07) is 21.8. The van der Waals surface area contributed by atoms with Crippen molar-refractivity contribution >= 4 is 46.4 Å². The van der Waals surface area contributed by atoms with Crippen LogP contribution in [-0.4, -0.2) is 70.0 Å². The zero-order valence-corrected chi connectivity index (χ0v) is 25.9. The van der Waals surface area contributed by atoms with Crippen LogP contribution in [0, 0.1) is 0 Å². The van der Waals surface area contributed by atoms with Crippen molar-refractivity contribution < 1.29 is 24.3 Å². The van der Waals surface area contributed by atoms with E-state index in [0.717, 1.165) is 27.6 Å². The molecule has 0 saturated carbocycles. The van der Waals surface area contributed by atoms with Gasteiger partial charge in [-0.3, -0.25) is 14.4 Å². The van der Waals surface area contributed by atoms with E-state index in [9.17, 15) is 24.3 Å². The minimum Gasteiger partial charge on any atom is -0.480 e. The third kappa shape index (κ3) is 9.69. The maximum Gasteiger partial charge on any atom is 0.326 e. The number of thioether (sulfide) groups is 1. The number of hydrogen-bond acceptors (Lipinski definition) is 6. The van der Waals surface area contributed by atoms with Crippen molar-refractivity contribution in [1.29, 1.82) is 0 Å². The molecule has 0 bridgehead atoms. The molecule has 11 heteroatoms. The molecular weight excluding hydrogens is 590 g/mol. The van der Waals surface area contributed by atoms with Crippen LogP contribution in [-0.2, 0) is 38.4 Å². The highest BCUT2D eigenvalue weighted by Crippen LogP contribution is 2.19. The standard InChI is InChI=1S/C34H39N5O5S/c1-45-17-16-28(32(41)39-30(34(43)44)19-23-12-6-3-7-13-23)37-33(42)29(20-24-21-36-27-15-9-8-14-25(24)27)38-31(40)26(35)18-22-10-4-2-5-11-22/h2-15,21,26,28-30,36H,16-20,35H2,1H3,(H,37,42)(H,38,40)(H,39,41)(H,43,44). The first-order valence-corrected chi connectivity index (χ1v) is 16.2. The van der Waals surface area contributed by atoms with Gasteiger partial charge in [0.25, 0.3) is 0 Å². The van der Waals surface area contributed by atoms with Gasteiger partial charge in [0, 0.05) is 29.9 Å². The highest BCUT2D eigenvalue weighted by atomic mass is 32.2. The van der Waals surface area contributed by atoms with Gasteiger partial charge in [0.05, 0.1) is 6.04 Å². The molecule has 45 heavy (non-hydrogen) atoms. The molecule has 4 rings (SSSR count). The number of hydrogen-bond donors (Lipinski definition) is 6. The molecule has 0 radical (unpaired) electrons. The molecular formula is C34H39N5O5S. The number of fused-ring (bicyclic) bond motifs is 1. The molecule has 0 fully saturated rings. The highest BCUT2D eigenvalue weighted by Gasteiger charge is 2.31. The van der Waals surface area contributed by atoms with Gasteiger partial charge in [-0.1, -0.05) is 78.9 Å². The van der Waals surface area contributed by atoms with Crippen molar-refractivity contribution in [2.75, 3.05) is 12.0 Å². The Kier molecular flexibility index (Phi) is 12.2. The summed E-state index contributed by atoms with van der Waals surface area (Å²) in [6.45, 7) is 0. The smallest absolute Gasteiger partial charge is 0.326 e. The second-order valence-electron chi connectivity index (χ2n) is 10.9. The molecule has 0 aliphatic heterocycles. The van der Waals surface area contributed by atoms with Crippen LogP contribution in [0.1, 0.15) is 23.1 Å². The van der Waals surface area contributed by atoms with Crippen molar-refractivity contribution in [2.45, 2.75) is 49.9 Å². The van der Waals surface area contributed by atoms with Gasteiger partial charge in [-0.25, -0.2) is 4.79 Å². The molecule has 3 aromatic carbocycles. The first-order chi connectivity index (χ1) is 21.7. The van der Waals surface area contributed by atoms with E-state index in [1.807, 2.05) is 66.9 Å². The zero-order valence-electron chi connectivity index (χ0n) is 25.1. The Morgan fingerprint density at radius 1 is 0.733 bits per heavy atom. The topological polar surface area (TPSA) is 166 Å². The number of H-pyrrole nitrogens is 1. The molecule has 0 saturated heterocycles. The van der Waals surface area contributed by atoms with E-state index in [4.69, 9.17) is 5.73 Å². The Labute approximate surface area is 266 Å². The summed E-state index contributed by atoms with van der Waals surface area (Å²) in [7, 11) is 0. The molecule has 1 heterocycles. The van der Waals surface area contributed by atoms with Crippen molar-refractivity contribution in [3.05, 3.63) is 108 Å². The van der Waals surface area contributed by atoms with Crippen LogP contribution in [0.5, 0.6) is 0 Å². The van der Waals surface area contributed by atoms with Crippen LogP contribution >= 0.6 is 11.8 Å². The summed E-state index contributed by atoms with van der Waals surface area (Å²) >= 11 is 1.49. The normalized spacial score (nSPS) is 13.7. The van der Waals surface area contributed by atoms with Gasteiger partial charge in [0.2, 0.25) is 17.7 Å². The summed E-state index contributed by atoms with van der Waals surface area (Å²) in [6.07, 6.45) is 4.44. The number of carbonyl (C=O) groups is 4. The maximum atomic E-state index is 13.8. The lowest BCUT2D eigenvalue weighted by molar-refractivity contribution is -0.142. The number of aromatic nitrogens is 1. The van der Waals surface area contributed by atoms with Gasteiger partial charge in [0.1, 0.15) is 18.1 Å². The van der Waals surface area contributed by atoms with Gasteiger partial charge in [-0.05, 0) is 47.6 Å². The molecule has 0 spiro atoms. The van der Waals surface area contributed by atoms with Crippen LogP contribution in [0.25, 0.3) is 10.9 Å². The predicted octanol–water partition coefficient (Wildman–Crippen LogP) is 2.82. The Morgan fingerprint density at radius 2 is 1.29 bits per heavy atom. The number of benzene rings is 3. The third-order valence-electron chi connectivity index (χ3n) is 7.51. The Bertz CT molecular complexity index is 1580. The molecule has 7 N–H and O–H groups in total. The molecule has 4 aromatic rings. The molecule has 4 atom stereocenters. The van der Waals surface area contributed by atoms with Crippen LogP contribution in [0.4, 0.5) is 0 Å². The fourth-order valence-electron chi connectivity index (χ4n) is 5.07. The van der Waals surface area contributed by atoms with Crippen molar-refractivity contribution in [3.63, 3.8) is 0 Å². The van der Waals surface area contributed by atoms with E-state index < -0.39 is 47.9 Å². The second kappa shape index (κ2) is 16.5. The number of carbonyl (C=O) groups excluding carboxylic acids is 3. The average Bonchev–Trinajstić information content (AvgIpc) is 3.45. The molecule has 1 aromatic heterocycles. The fraction of sp³-hybridized carbons (Fsp3) is 0.294. The number of rotatable bonds is 16. The van der Waals surface area contributed by atoms with Crippen LogP contribution in [0.2, 0.25) is 0 Å². The predicted molar refractivity (Wildman–Crippen MR) is 177 cm³/mol. The fourth-order valence-corrected chi connectivity index (χ4v) is 5.54. The highest BCUT2D eigenvalue weighted by molar-refractivity contribution is 7.98. The number of nitrogens with two attached hydrogens (primary N) is 1. The second-order valence-corrected chi connectivity index (χ2v) is 11.8. The number of para-hydroxylation sites is 1. The van der Waals surface area contributed by atoms with Gasteiger partial charge >= 0.3 is 5.97 Å². The quantitative estimate of drug-likeness (QED) is 0.111.